The van der Waals surface area contributed by atoms with Crippen LogP contribution in [0.4, 0.5) is 10.5 Å². The first-order valence-corrected chi connectivity index (χ1v) is 6.31. The van der Waals surface area contributed by atoms with Crippen molar-refractivity contribution in [1.29, 1.82) is 0 Å². The van der Waals surface area contributed by atoms with Gasteiger partial charge in [-0.2, -0.15) is 0 Å². The summed E-state index contributed by atoms with van der Waals surface area (Å²) in [4.78, 5) is 12.5. The summed E-state index contributed by atoms with van der Waals surface area (Å²) >= 11 is 0. The molecular formula is C14H20N2O. The molecule has 0 unspecified atom stereocenters. The Morgan fingerprint density at radius 1 is 1.18 bits per heavy atom. The van der Waals surface area contributed by atoms with Gasteiger partial charge in [-0.25, -0.2) is 4.79 Å². The molecule has 0 heterocycles. The van der Waals surface area contributed by atoms with Crippen molar-refractivity contribution in [2.24, 2.45) is 5.73 Å². The minimum atomic E-state index is -0.421. The lowest BCUT2D eigenvalue weighted by Crippen LogP contribution is -2.31. The summed E-state index contributed by atoms with van der Waals surface area (Å²) in [5.41, 5.74) is 7.49. The minimum Gasteiger partial charge on any atom is -0.351 e. The number of nitrogens with two attached hydrogens (primary N) is 1. The molecule has 3 heteroatoms. The number of carbonyl (C=O) groups excluding carboxylic acids is 1. The minimum absolute atomic E-state index is 0.421. The van der Waals surface area contributed by atoms with E-state index in [1.807, 2.05) is 12.1 Å². The normalized spacial score (nSPS) is 16.8. The van der Waals surface area contributed by atoms with Gasteiger partial charge in [0.15, 0.2) is 0 Å². The lowest BCUT2D eigenvalue weighted by atomic mass is 9.84. The highest BCUT2D eigenvalue weighted by Gasteiger charge is 2.15. The van der Waals surface area contributed by atoms with Crippen molar-refractivity contribution in [1.82, 2.24) is 0 Å². The van der Waals surface area contributed by atoms with Crippen LogP contribution in [0.2, 0.25) is 0 Å². The van der Waals surface area contributed by atoms with E-state index in [1.165, 1.54) is 42.6 Å². The van der Waals surface area contributed by atoms with Crippen LogP contribution >= 0.6 is 0 Å². The molecule has 1 aliphatic rings. The third kappa shape index (κ3) is 2.78. The van der Waals surface area contributed by atoms with Crippen LogP contribution in [-0.2, 0) is 0 Å². The summed E-state index contributed by atoms with van der Waals surface area (Å²) < 4.78 is 0. The first kappa shape index (κ1) is 12.0. The molecule has 0 saturated heterocycles. The Morgan fingerprint density at radius 2 is 1.76 bits per heavy atom. The molecule has 0 radical (unpaired) electrons. The molecular weight excluding hydrogens is 212 g/mol. The van der Waals surface area contributed by atoms with Crippen molar-refractivity contribution in [3.63, 3.8) is 0 Å². The summed E-state index contributed by atoms with van der Waals surface area (Å²) in [7, 11) is 1.69. The van der Waals surface area contributed by atoms with E-state index in [-0.39, 0.29) is 0 Å². The predicted octanol–water partition coefficient (Wildman–Crippen LogP) is 3.25. The van der Waals surface area contributed by atoms with E-state index in [2.05, 4.69) is 12.1 Å². The highest BCUT2D eigenvalue weighted by Crippen LogP contribution is 2.33. The molecule has 3 nitrogen and oxygen atoms in total. The van der Waals surface area contributed by atoms with Crippen LogP contribution in [0, 0.1) is 0 Å². The fourth-order valence-electron chi connectivity index (χ4n) is 2.53. The SMILES string of the molecule is CN(C(N)=O)c1ccc(C2CCCCC2)cc1. The number of anilines is 1. The zero-order valence-corrected chi connectivity index (χ0v) is 10.4. The molecule has 17 heavy (non-hydrogen) atoms. The van der Waals surface area contributed by atoms with Gasteiger partial charge in [0.1, 0.15) is 0 Å². The van der Waals surface area contributed by atoms with E-state index < -0.39 is 6.03 Å². The van der Waals surface area contributed by atoms with Gasteiger partial charge >= 0.3 is 6.03 Å². The molecule has 1 aromatic carbocycles. The molecule has 0 atom stereocenters. The lowest BCUT2D eigenvalue weighted by molar-refractivity contribution is 0.255. The molecule has 0 aromatic heterocycles. The highest BCUT2D eigenvalue weighted by molar-refractivity contribution is 5.89. The van der Waals surface area contributed by atoms with E-state index in [1.54, 1.807) is 7.05 Å². The number of urea groups is 1. The van der Waals surface area contributed by atoms with Gasteiger partial charge in [0.25, 0.3) is 0 Å². The van der Waals surface area contributed by atoms with E-state index in [4.69, 9.17) is 5.73 Å². The molecule has 2 amide bonds. The second-order valence-electron chi connectivity index (χ2n) is 4.82. The monoisotopic (exact) mass is 232 g/mol. The van der Waals surface area contributed by atoms with Crippen LogP contribution in [0.5, 0.6) is 0 Å². The maximum absolute atomic E-state index is 11.0. The quantitative estimate of drug-likeness (QED) is 0.836. The Labute approximate surface area is 103 Å². The van der Waals surface area contributed by atoms with E-state index in [0.29, 0.717) is 5.92 Å². The number of carbonyl (C=O) groups is 1. The van der Waals surface area contributed by atoms with Gasteiger partial charge in [0, 0.05) is 12.7 Å². The molecule has 0 spiro atoms. The van der Waals surface area contributed by atoms with Gasteiger partial charge in [-0.1, -0.05) is 31.4 Å². The Morgan fingerprint density at radius 3 is 2.29 bits per heavy atom. The molecule has 1 aromatic rings. The van der Waals surface area contributed by atoms with E-state index in [0.717, 1.165) is 5.69 Å². The van der Waals surface area contributed by atoms with E-state index in [9.17, 15) is 4.79 Å². The molecule has 2 rings (SSSR count). The Bertz CT molecular complexity index is 380. The topological polar surface area (TPSA) is 46.3 Å². The first-order chi connectivity index (χ1) is 8.18. The van der Waals surface area contributed by atoms with Crippen molar-refractivity contribution >= 4 is 11.7 Å². The van der Waals surface area contributed by atoms with Gasteiger partial charge in [-0.3, -0.25) is 4.90 Å². The smallest absolute Gasteiger partial charge is 0.318 e. The molecule has 1 fully saturated rings. The fourth-order valence-corrected chi connectivity index (χ4v) is 2.53. The van der Waals surface area contributed by atoms with Gasteiger partial charge in [0.05, 0.1) is 0 Å². The third-order valence-electron chi connectivity index (χ3n) is 3.69. The highest BCUT2D eigenvalue weighted by atomic mass is 16.2. The number of hydrogen-bond acceptors (Lipinski definition) is 1. The Kier molecular flexibility index (Phi) is 3.67. The average Bonchev–Trinajstić information content (AvgIpc) is 2.39. The largest absolute Gasteiger partial charge is 0.351 e. The Balaban J connectivity index is 2.09. The van der Waals surface area contributed by atoms with E-state index >= 15 is 0 Å². The van der Waals surface area contributed by atoms with Gasteiger partial charge < -0.3 is 5.73 Å². The van der Waals surface area contributed by atoms with Crippen molar-refractivity contribution in [3.8, 4) is 0 Å². The van der Waals surface area contributed by atoms with Crippen LogP contribution in [0.3, 0.4) is 0 Å². The number of primary amides is 1. The summed E-state index contributed by atoms with van der Waals surface area (Å²) in [5.74, 6) is 0.705. The van der Waals surface area contributed by atoms with Gasteiger partial charge in [-0.05, 0) is 36.5 Å². The van der Waals surface area contributed by atoms with Crippen molar-refractivity contribution in [3.05, 3.63) is 29.8 Å². The zero-order chi connectivity index (χ0) is 12.3. The first-order valence-electron chi connectivity index (χ1n) is 6.31. The lowest BCUT2D eigenvalue weighted by Gasteiger charge is -2.22. The maximum atomic E-state index is 11.0. The van der Waals surface area contributed by atoms with Gasteiger partial charge in [-0.15, -0.1) is 0 Å². The molecule has 0 bridgehead atoms. The van der Waals surface area contributed by atoms with Crippen molar-refractivity contribution in [2.75, 3.05) is 11.9 Å². The second-order valence-corrected chi connectivity index (χ2v) is 4.82. The fraction of sp³-hybridized carbons (Fsp3) is 0.500. The van der Waals surface area contributed by atoms with Crippen LogP contribution < -0.4 is 10.6 Å². The number of rotatable bonds is 2. The van der Waals surface area contributed by atoms with Crippen LogP contribution in [-0.4, -0.2) is 13.1 Å². The van der Waals surface area contributed by atoms with Crippen molar-refractivity contribution < 1.29 is 4.79 Å². The molecule has 1 saturated carbocycles. The summed E-state index contributed by atoms with van der Waals surface area (Å²) in [5, 5.41) is 0. The molecule has 1 aliphatic carbocycles. The van der Waals surface area contributed by atoms with Crippen LogP contribution in [0.25, 0.3) is 0 Å². The molecule has 92 valence electrons. The van der Waals surface area contributed by atoms with Crippen LogP contribution in [0.15, 0.2) is 24.3 Å². The zero-order valence-electron chi connectivity index (χ0n) is 10.4. The molecule has 2 N–H and O–H groups in total. The second kappa shape index (κ2) is 5.21. The summed E-state index contributed by atoms with van der Waals surface area (Å²) in [6.45, 7) is 0. The Hall–Kier alpha value is -1.51. The van der Waals surface area contributed by atoms with Crippen molar-refractivity contribution in [2.45, 2.75) is 38.0 Å². The summed E-state index contributed by atoms with van der Waals surface area (Å²) in [6.07, 6.45) is 6.65. The number of nitrogens with zero attached hydrogens (tertiary/aromatic N) is 1. The predicted molar refractivity (Wildman–Crippen MR) is 70.3 cm³/mol. The van der Waals surface area contributed by atoms with Gasteiger partial charge in [0.2, 0.25) is 0 Å². The number of hydrogen-bond donors (Lipinski definition) is 1. The summed E-state index contributed by atoms with van der Waals surface area (Å²) in [6, 6.07) is 7.80. The van der Waals surface area contributed by atoms with Crippen LogP contribution in [0.1, 0.15) is 43.6 Å². The maximum Gasteiger partial charge on any atom is 0.318 e. The number of amides is 2. The third-order valence-corrected chi connectivity index (χ3v) is 3.69. The average molecular weight is 232 g/mol. The molecule has 0 aliphatic heterocycles. The number of benzene rings is 1. The standard InChI is InChI=1S/C14H20N2O/c1-16(14(15)17)13-9-7-12(8-10-13)11-5-3-2-4-6-11/h7-11H,2-6H2,1H3,(H2,15,17).